The largest absolute Gasteiger partial charge is 0.497 e. The maximum atomic E-state index is 12.7. The lowest BCUT2D eigenvalue weighted by Gasteiger charge is -2.29. The summed E-state index contributed by atoms with van der Waals surface area (Å²) in [5.41, 5.74) is 1.92. The molecule has 2 atom stereocenters. The van der Waals surface area contributed by atoms with E-state index in [9.17, 15) is 4.79 Å². The Bertz CT molecular complexity index is 881. The summed E-state index contributed by atoms with van der Waals surface area (Å²) in [5, 5.41) is 0. The lowest BCUT2D eigenvalue weighted by Crippen LogP contribution is -2.31. The van der Waals surface area contributed by atoms with Crippen LogP contribution >= 0.6 is 0 Å². The van der Waals surface area contributed by atoms with Crippen LogP contribution in [0.15, 0.2) is 72.0 Å². The average Bonchev–Trinajstić information content (AvgIpc) is 2.98. The number of allylic oxidation sites excluding steroid dienone is 1. The molecule has 0 bridgehead atoms. The molecular weight excluding hydrogens is 352 g/mol. The van der Waals surface area contributed by atoms with Crippen LogP contribution in [0, 0.1) is 0 Å². The Morgan fingerprint density at radius 2 is 1.82 bits per heavy atom. The van der Waals surface area contributed by atoms with Crippen LogP contribution in [0.5, 0.6) is 5.75 Å². The van der Waals surface area contributed by atoms with E-state index in [0.717, 1.165) is 16.9 Å². The Labute approximate surface area is 166 Å². The smallest absolute Gasteiger partial charge is 0.338 e. The molecule has 0 fully saturated rings. The third-order valence-electron chi connectivity index (χ3n) is 4.96. The van der Waals surface area contributed by atoms with E-state index in [0.29, 0.717) is 17.9 Å². The van der Waals surface area contributed by atoms with E-state index in [1.807, 2.05) is 87.5 Å². The van der Waals surface area contributed by atoms with Crippen LogP contribution in [0.4, 0.5) is 0 Å². The Morgan fingerprint density at radius 3 is 2.43 bits per heavy atom. The van der Waals surface area contributed by atoms with Gasteiger partial charge in [0.25, 0.3) is 0 Å². The van der Waals surface area contributed by atoms with Crippen LogP contribution in [0.1, 0.15) is 37.8 Å². The molecule has 146 valence electrons. The van der Waals surface area contributed by atoms with E-state index in [4.69, 9.17) is 14.2 Å². The second-order valence-corrected chi connectivity index (χ2v) is 6.93. The quantitative estimate of drug-likeness (QED) is 0.655. The van der Waals surface area contributed by atoms with Gasteiger partial charge in [0.05, 0.1) is 25.2 Å². The summed E-state index contributed by atoms with van der Waals surface area (Å²) in [6.07, 6.45) is 4.03. The van der Waals surface area contributed by atoms with Crippen LogP contribution in [0.2, 0.25) is 0 Å². The summed E-state index contributed by atoms with van der Waals surface area (Å²) in [6.45, 7) is 5.97. The maximum Gasteiger partial charge on any atom is 0.338 e. The van der Waals surface area contributed by atoms with Gasteiger partial charge in [-0.2, -0.15) is 0 Å². The van der Waals surface area contributed by atoms with Crippen molar-refractivity contribution < 1.29 is 19.0 Å². The lowest BCUT2D eigenvalue weighted by molar-refractivity contribution is -0.138. The number of hydrogen-bond acceptors (Lipinski definition) is 4. The molecule has 4 heteroatoms. The van der Waals surface area contributed by atoms with Gasteiger partial charge < -0.3 is 14.2 Å². The average molecular weight is 378 g/mol. The Balaban J connectivity index is 1.98. The fourth-order valence-corrected chi connectivity index (χ4v) is 3.65. The highest BCUT2D eigenvalue weighted by Crippen LogP contribution is 2.47. The number of benzene rings is 2. The molecule has 0 aromatic heterocycles. The second kappa shape index (κ2) is 8.34. The van der Waals surface area contributed by atoms with Gasteiger partial charge >= 0.3 is 5.97 Å². The molecule has 0 N–H and O–H groups in total. The van der Waals surface area contributed by atoms with Gasteiger partial charge in [0.15, 0.2) is 0 Å². The summed E-state index contributed by atoms with van der Waals surface area (Å²) in [6, 6.07) is 17.7. The van der Waals surface area contributed by atoms with Crippen molar-refractivity contribution in [2.45, 2.75) is 32.3 Å². The zero-order chi connectivity index (χ0) is 20.1. The zero-order valence-electron chi connectivity index (χ0n) is 16.8. The lowest BCUT2D eigenvalue weighted by atomic mass is 9.79. The Morgan fingerprint density at radius 1 is 1.14 bits per heavy atom. The van der Waals surface area contributed by atoms with Crippen molar-refractivity contribution in [3.8, 4) is 5.75 Å². The molecule has 4 nitrogen and oxygen atoms in total. The first-order chi connectivity index (χ1) is 13.5. The number of methoxy groups -OCH3 is 1. The highest BCUT2D eigenvalue weighted by atomic mass is 16.5. The number of rotatable bonds is 6. The highest BCUT2D eigenvalue weighted by Gasteiger charge is 2.47. The molecular formula is C24H26O4. The number of hydrogen-bond donors (Lipinski definition) is 0. The van der Waals surface area contributed by atoms with Crippen molar-refractivity contribution in [3.63, 3.8) is 0 Å². The standard InChI is InChI=1S/C24H26O4/c1-5-27-23(25)21-17(2)28-24(3,22(21)19-9-7-6-8-10-19)16-15-18-11-13-20(26-4)14-12-18/h6-16,22H,5H2,1-4H3/b16-15+/t22-,24+/m1/s1. The van der Waals surface area contributed by atoms with Crippen molar-refractivity contribution in [2.75, 3.05) is 13.7 Å². The summed E-state index contributed by atoms with van der Waals surface area (Å²) in [4.78, 5) is 12.7. The van der Waals surface area contributed by atoms with Crippen LogP contribution in [-0.4, -0.2) is 25.3 Å². The molecule has 28 heavy (non-hydrogen) atoms. The minimum atomic E-state index is -0.701. The van der Waals surface area contributed by atoms with Gasteiger partial charge in [-0.1, -0.05) is 48.5 Å². The predicted octanol–water partition coefficient (Wildman–Crippen LogP) is 5.12. The first-order valence-electron chi connectivity index (χ1n) is 9.43. The third-order valence-corrected chi connectivity index (χ3v) is 4.96. The molecule has 0 radical (unpaired) electrons. The maximum absolute atomic E-state index is 12.7. The summed E-state index contributed by atoms with van der Waals surface area (Å²) in [5.74, 6) is 0.844. The SMILES string of the molecule is CCOC(=O)C1=C(C)O[C@@](C)(/C=C/c2ccc(OC)cc2)[C@@H]1c1ccccc1. The number of carbonyl (C=O) groups excluding carboxylic acids is 1. The molecule has 0 amide bonds. The normalized spacial score (nSPS) is 21.6. The summed E-state index contributed by atoms with van der Waals surface area (Å²) < 4.78 is 16.8. The first kappa shape index (κ1) is 19.7. The van der Waals surface area contributed by atoms with Crippen molar-refractivity contribution >= 4 is 12.0 Å². The zero-order valence-corrected chi connectivity index (χ0v) is 16.8. The van der Waals surface area contributed by atoms with Gasteiger partial charge in [-0.3, -0.25) is 0 Å². The molecule has 1 aliphatic heterocycles. The van der Waals surface area contributed by atoms with Crippen LogP contribution in [0.25, 0.3) is 6.08 Å². The number of esters is 1. The molecule has 0 unspecified atom stereocenters. The first-order valence-corrected chi connectivity index (χ1v) is 9.43. The minimum absolute atomic E-state index is 0.248. The van der Waals surface area contributed by atoms with Gasteiger partial charge in [0.2, 0.25) is 0 Å². The topological polar surface area (TPSA) is 44.8 Å². The molecule has 1 aliphatic rings. The van der Waals surface area contributed by atoms with E-state index in [1.54, 1.807) is 7.11 Å². The van der Waals surface area contributed by atoms with E-state index < -0.39 is 5.60 Å². The van der Waals surface area contributed by atoms with Crippen molar-refractivity contribution in [1.29, 1.82) is 0 Å². The second-order valence-electron chi connectivity index (χ2n) is 6.93. The number of ether oxygens (including phenoxy) is 3. The van der Waals surface area contributed by atoms with Gasteiger partial charge in [-0.15, -0.1) is 0 Å². The monoisotopic (exact) mass is 378 g/mol. The molecule has 0 saturated heterocycles. The van der Waals surface area contributed by atoms with Crippen LogP contribution in [-0.2, 0) is 14.3 Å². The fourth-order valence-electron chi connectivity index (χ4n) is 3.65. The van der Waals surface area contributed by atoms with E-state index in [2.05, 4.69) is 0 Å². The van der Waals surface area contributed by atoms with Gasteiger partial charge in [-0.25, -0.2) is 4.79 Å². The van der Waals surface area contributed by atoms with Crippen molar-refractivity contribution in [2.24, 2.45) is 0 Å². The summed E-state index contributed by atoms with van der Waals surface area (Å²) >= 11 is 0. The van der Waals surface area contributed by atoms with E-state index in [-0.39, 0.29) is 11.9 Å². The molecule has 1 heterocycles. The Hall–Kier alpha value is -3.01. The number of carbonyl (C=O) groups is 1. The van der Waals surface area contributed by atoms with Crippen LogP contribution in [0.3, 0.4) is 0 Å². The highest BCUT2D eigenvalue weighted by molar-refractivity contribution is 5.92. The molecule has 2 aromatic rings. The van der Waals surface area contributed by atoms with Crippen LogP contribution < -0.4 is 4.74 Å². The van der Waals surface area contributed by atoms with E-state index >= 15 is 0 Å². The molecule has 0 aliphatic carbocycles. The van der Waals surface area contributed by atoms with Crippen molar-refractivity contribution in [1.82, 2.24) is 0 Å². The molecule has 3 rings (SSSR count). The van der Waals surface area contributed by atoms with Gasteiger partial charge in [-0.05, 0) is 50.1 Å². The molecule has 0 saturated carbocycles. The van der Waals surface area contributed by atoms with Crippen molar-refractivity contribution in [3.05, 3.63) is 83.1 Å². The minimum Gasteiger partial charge on any atom is -0.497 e. The fraction of sp³-hybridized carbons (Fsp3) is 0.292. The summed E-state index contributed by atoms with van der Waals surface area (Å²) in [7, 11) is 1.65. The molecule has 2 aromatic carbocycles. The predicted molar refractivity (Wildman–Crippen MR) is 110 cm³/mol. The van der Waals surface area contributed by atoms with Gasteiger partial charge in [0.1, 0.15) is 17.1 Å². The Kier molecular flexibility index (Phi) is 5.88. The third kappa shape index (κ3) is 3.96. The van der Waals surface area contributed by atoms with E-state index in [1.165, 1.54) is 0 Å². The molecule has 0 spiro atoms. The van der Waals surface area contributed by atoms with Gasteiger partial charge in [0, 0.05) is 0 Å².